The van der Waals surface area contributed by atoms with Gasteiger partial charge < -0.3 is 20.5 Å². The molecule has 1 heterocycles. The summed E-state index contributed by atoms with van der Waals surface area (Å²) in [6.45, 7) is 2.67. The number of nitro groups is 1. The van der Waals surface area contributed by atoms with Crippen LogP contribution in [-0.4, -0.2) is 42.9 Å². The van der Waals surface area contributed by atoms with Crippen molar-refractivity contribution < 1.29 is 19.2 Å². The summed E-state index contributed by atoms with van der Waals surface area (Å²) in [5, 5.41) is 14.6. The molecule has 0 spiro atoms. The van der Waals surface area contributed by atoms with Gasteiger partial charge in [-0.3, -0.25) is 15.0 Å². The van der Waals surface area contributed by atoms with Gasteiger partial charge in [-0.2, -0.15) is 0 Å². The molecule has 3 N–H and O–H groups in total. The predicted molar refractivity (Wildman–Crippen MR) is 105 cm³/mol. The third kappa shape index (κ3) is 5.30. The third-order valence-electron chi connectivity index (χ3n) is 3.76. The van der Waals surface area contributed by atoms with E-state index in [0.29, 0.717) is 13.2 Å². The van der Waals surface area contributed by atoms with Gasteiger partial charge in [0.15, 0.2) is 0 Å². The Bertz CT molecular complexity index is 816. The number of hydrogen-bond donors (Lipinski definition) is 2. The number of aromatic nitrogens is 1. The van der Waals surface area contributed by atoms with Crippen LogP contribution in [0, 0.1) is 10.1 Å². The molecule has 0 unspecified atom stereocenters. The van der Waals surface area contributed by atoms with Gasteiger partial charge in [-0.15, -0.1) is 0 Å². The maximum Gasteiger partial charge on any atom is 0.414 e. The average molecular weight is 389 g/mol. The van der Waals surface area contributed by atoms with Crippen molar-refractivity contribution >= 4 is 29.1 Å². The van der Waals surface area contributed by atoms with Crippen molar-refractivity contribution in [3.63, 3.8) is 0 Å². The number of anilines is 3. The summed E-state index contributed by atoms with van der Waals surface area (Å²) in [6, 6.07) is 10.5. The van der Waals surface area contributed by atoms with E-state index in [1.165, 1.54) is 11.0 Å². The molecule has 0 fully saturated rings. The molecule has 28 heavy (non-hydrogen) atoms. The Balaban J connectivity index is 2.51. The highest BCUT2D eigenvalue weighted by Gasteiger charge is 2.30. The van der Waals surface area contributed by atoms with E-state index < -0.39 is 16.7 Å². The maximum absolute atomic E-state index is 12.6. The van der Waals surface area contributed by atoms with E-state index in [9.17, 15) is 14.9 Å². The number of carbonyl (C=O) groups is 1. The molecule has 1 aromatic carbocycles. The van der Waals surface area contributed by atoms with E-state index in [0.717, 1.165) is 5.56 Å². The van der Waals surface area contributed by atoms with Crippen LogP contribution in [0.15, 0.2) is 36.4 Å². The molecule has 150 valence electrons. The van der Waals surface area contributed by atoms with Crippen LogP contribution in [0.2, 0.25) is 0 Å². The van der Waals surface area contributed by atoms with Crippen molar-refractivity contribution in [2.24, 2.45) is 0 Å². The largest absolute Gasteiger partial charge is 0.449 e. The highest BCUT2D eigenvalue weighted by atomic mass is 16.6. The first-order valence-electron chi connectivity index (χ1n) is 8.63. The van der Waals surface area contributed by atoms with Gasteiger partial charge in [0, 0.05) is 19.7 Å². The second kappa shape index (κ2) is 10.1. The maximum atomic E-state index is 12.6. The minimum atomic E-state index is -0.720. The number of hydrogen-bond acceptors (Lipinski definition) is 8. The lowest BCUT2D eigenvalue weighted by atomic mass is 10.2. The zero-order chi connectivity index (χ0) is 20.5. The number of nitrogens with one attached hydrogen (secondary N) is 1. The number of carbonyl (C=O) groups excluding carboxylic acids is 1. The molecule has 0 aliphatic carbocycles. The Hall–Kier alpha value is -3.40. The van der Waals surface area contributed by atoms with Crippen molar-refractivity contribution in [1.29, 1.82) is 0 Å². The van der Waals surface area contributed by atoms with Crippen LogP contribution in [0.5, 0.6) is 0 Å². The fourth-order valence-electron chi connectivity index (χ4n) is 2.52. The van der Waals surface area contributed by atoms with E-state index in [4.69, 9.17) is 15.2 Å². The molecule has 10 heteroatoms. The average Bonchev–Trinajstić information content (AvgIpc) is 2.66. The monoisotopic (exact) mass is 389 g/mol. The van der Waals surface area contributed by atoms with Crippen molar-refractivity contribution in [2.45, 2.75) is 13.5 Å². The van der Waals surface area contributed by atoms with Crippen LogP contribution in [0.3, 0.4) is 0 Å². The topological polar surface area (TPSA) is 133 Å². The second-order valence-corrected chi connectivity index (χ2v) is 5.71. The van der Waals surface area contributed by atoms with Crippen LogP contribution in [0.4, 0.5) is 27.8 Å². The highest BCUT2D eigenvalue weighted by Crippen LogP contribution is 2.36. The molecule has 2 rings (SSSR count). The van der Waals surface area contributed by atoms with Crippen molar-refractivity contribution in [1.82, 2.24) is 4.98 Å². The molecule has 0 atom stereocenters. The van der Waals surface area contributed by atoms with Gasteiger partial charge in [0.2, 0.25) is 5.82 Å². The molecular weight excluding hydrogens is 366 g/mol. The van der Waals surface area contributed by atoms with Gasteiger partial charge in [0.1, 0.15) is 11.5 Å². The summed E-state index contributed by atoms with van der Waals surface area (Å²) in [5.41, 5.74) is 6.14. The van der Waals surface area contributed by atoms with Crippen LogP contribution < -0.4 is 16.0 Å². The summed E-state index contributed by atoms with van der Waals surface area (Å²) < 4.78 is 10.1. The van der Waals surface area contributed by atoms with E-state index >= 15 is 0 Å². The van der Waals surface area contributed by atoms with Gasteiger partial charge in [0.05, 0.1) is 24.7 Å². The second-order valence-electron chi connectivity index (χ2n) is 5.71. The number of nitrogen functional groups attached to an aromatic ring is 1. The normalized spacial score (nSPS) is 10.4. The third-order valence-corrected chi connectivity index (χ3v) is 3.76. The van der Waals surface area contributed by atoms with Gasteiger partial charge in [-0.1, -0.05) is 30.3 Å². The molecule has 0 saturated carbocycles. The van der Waals surface area contributed by atoms with Gasteiger partial charge in [-0.25, -0.2) is 9.78 Å². The summed E-state index contributed by atoms with van der Waals surface area (Å²) in [6.07, 6.45) is -0.720. The first kappa shape index (κ1) is 20.9. The number of rotatable bonds is 9. The summed E-state index contributed by atoms with van der Waals surface area (Å²) >= 11 is 0. The van der Waals surface area contributed by atoms with Crippen LogP contribution in [0.25, 0.3) is 0 Å². The molecular formula is C18H23N5O5. The number of nitrogens with zero attached hydrogens (tertiary/aromatic N) is 3. The van der Waals surface area contributed by atoms with E-state index in [2.05, 4.69) is 10.3 Å². The first-order valence-corrected chi connectivity index (χ1v) is 8.63. The number of methoxy groups -OCH3 is 1. The Morgan fingerprint density at radius 1 is 1.36 bits per heavy atom. The molecule has 10 nitrogen and oxygen atoms in total. The number of ether oxygens (including phenoxy) is 2. The van der Waals surface area contributed by atoms with E-state index in [-0.39, 0.29) is 30.5 Å². The molecule has 0 saturated heterocycles. The lowest BCUT2D eigenvalue weighted by molar-refractivity contribution is -0.383. The van der Waals surface area contributed by atoms with Gasteiger partial charge >= 0.3 is 11.8 Å². The molecule has 1 amide bonds. The quantitative estimate of drug-likeness (QED) is 0.380. The molecule has 0 bridgehead atoms. The van der Waals surface area contributed by atoms with Gasteiger partial charge in [-0.05, 0) is 12.5 Å². The SMILES string of the molecule is CCOC(=O)N(Cc1ccccc1)c1cc(NCCOC)nc(N)c1[N+](=O)[O-]. The Labute approximate surface area is 162 Å². The fraction of sp³-hybridized carbons (Fsp3) is 0.333. The number of nitrogens with two attached hydrogens (primary N) is 1. The molecule has 0 radical (unpaired) electrons. The van der Waals surface area contributed by atoms with Crippen molar-refractivity contribution in [3.8, 4) is 0 Å². The van der Waals surface area contributed by atoms with Crippen molar-refractivity contribution in [3.05, 3.63) is 52.1 Å². The molecule has 0 aliphatic heterocycles. The first-order chi connectivity index (χ1) is 13.5. The van der Waals surface area contributed by atoms with Crippen molar-refractivity contribution in [2.75, 3.05) is 42.8 Å². The van der Waals surface area contributed by atoms with Gasteiger partial charge in [0.25, 0.3) is 0 Å². The number of pyridine rings is 1. The van der Waals surface area contributed by atoms with Crippen LogP contribution in [0.1, 0.15) is 12.5 Å². The molecule has 2 aromatic rings. The Morgan fingerprint density at radius 2 is 2.07 bits per heavy atom. The standard InChI is InChI=1S/C18H23N5O5/c1-3-28-18(24)22(12-13-7-5-4-6-8-13)14-11-15(20-9-10-27-2)21-17(19)16(14)23(25)26/h4-8,11H,3,9-10,12H2,1-2H3,(H3,19,20,21). The minimum absolute atomic E-state index is 0.000259. The zero-order valence-electron chi connectivity index (χ0n) is 15.8. The molecule has 0 aliphatic rings. The van der Waals surface area contributed by atoms with Crippen LogP contribution >= 0.6 is 0 Å². The summed E-state index contributed by atoms with van der Waals surface area (Å²) in [5.74, 6) is -0.0118. The summed E-state index contributed by atoms with van der Waals surface area (Å²) in [4.78, 5) is 28.7. The summed E-state index contributed by atoms with van der Waals surface area (Å²) in [7, 11) is 1.55. The smallest absolute Gasteiger partial charge is 0.414 e. The Kier molecular flexibility index (Phi) is 7.52. The zero-order valence-corrected chi connectivity index (χ0v) is 15.8. The highest BCUT2D eigenvalue weighted by molar-refractivity contribution is 5.93. The number of amides is 1. The fourth-order valence-corrected chi connectivity index (χ4v) is 2.52. The predicted octanol–water partition coefficient (Wildman–Crippen LogP) is 2.79. The van der Waals surface area contributed by atoms with Crippen LogP contribution in [-0.2, 0) is 16.0 Å². The minimum Gasteiger partial charge on any atom is -0.449 e. The lowest BCUT2D eigenvalue weighted by Gasteiger charge is -2.23. The van der Waals surface area contributed by atoms with E-state index in [1.54, 1.807) is 26.2 Å². The lowest BCUT2D eigenvalue weighted by Crippen LogP contribution is -2.32. The van der Waals surface area contributed by atoms with E-state index in [1.807, 2.05) is 18.2 Å². The number of benzene rings is 1. The Morgan fingerprint density at radius 3 is 2.68 bits per heavy atom. The molecule has 1 aromatic heterocycles.